The van der Waals surface area contributed by atoms with E-state index in [0.717, 1.165) is 45.3 Å². The first-order chi connectivity index (χ1) is 8.25. The topological polar surface area (TPSA) is 23.5 Å². The summed E-state index contributed by atoms with van der Waals surface area (Å²) in [5.41, 5.74) is 2.65. The Morgan fingerprint density at radius 2 is 1.94 bits per heavy atom. The molecule has 1 heterocycles. The molecule has 0 radical (unpaired) electrons. The highest BCUT2D eigenvalue weighted by molar-refractivity contribution is 5.29. The molecule has 1 fully saturated rings. The van der Waals surface area contributed by atoms with Gasteiger partial charge in [-0.2, -0.15) is 0 Å². The van der Waals surface area contributed by atoms with Gasteiger partial charge in [0.25, 0.3) is 0 Å². The molecule has 0 saturated heterocycles. The SMILES string of the molecule is OC1(CCN2CCc3ccccc3C2)CCC1. The Kier molecular flexibility index (Phi) is 2.93. The maximum Gasteiger partial charge on any atom is 0.0660 e. The lowest BCUT2D eigenvalue weighted by Gasteiger charge is -2.39. The zero-order valence-electron chi connectivity index (χ0n) is 10.4. The van der Waals surface area contributed by atoms with Gasteiger partial charge in [0, 0.05) is 19.6 Å². The van der Waals surface area contributed by atoms with Crippen LogP contribution in [-0.2, 0) is 13.0 Å². The zero-order chi connectivity index (χ0) is 11.7. The van der Waals surface area contributed by atoms with Gasteiger partial charge in [-0.15, -0.1) is 0 Å². The Balaban J connectivity index is 1.57. The second kappa shape index (κ2) is 4.43. The minimum absolute atomic E-state index is 0.322. The predicted molar refractivity (Wildman–Crippen MR) is 68.8 cm³/mol. The Morgan fingerprint density at radius 1 is 1.18 bits per heavy atom. The molecule has 0 aromatic heterocycles. The molecule has 0 amide bonds. The van der Waals surface area contributed by atoms with Crippen molar-refractivity contribution >= 4 is 0 Å². The highest BCUT2D eigenvalue weighted by atomic mass is 16.3. The van der Waals surface area contributed by atoms with Crippen LogP contribution in [0.15, 0.2) is 24.3 Å². The average molecular weight is 231 g/mol. The fraction of sp³-hybridized carbons (Fsp3) is 0.600. The van der Waals surface area contributed by atoms with Crippen LogP contribution in [0.4, 0.5) is 0 Å². The van der Waals surface area contributed by atoms with Crippen LogP contribution in [0.5, 0.6) is 0 Å². The van der Waals surface area contributed by atoms with Crippen molar-refractivity contribution in [2.45, 2.75) is 44.2 Å². The minimum Gasteiger partial charge on any atom is -0.390 e. The van der Waals surface area contributed by atoms with Gasteiger partial charge in [-0.3, -0.25) is 4.90 Å². The molecule has 1 aliphatic heterocycles. The lowest BCUT2D eigenvalue weighted by molar-refractivity contribution is -0.0470. The summed E-state index contributed by atoms with van der Waals surface area (Å²) in [5.74, 6) is 0. The third kappa shape index (κ3) is 2.38. The van der Waals surface area contributed by atoms with Crippen molar-refractivity contribution in [3.05, 3.63) is 35.4 Å². The van der Waals surface area contributed by atoms with Crippen molar-refractivity contribution < 1.29 is 5.11 Å². The summed E-state index contributed by atoms with van der Waals surface area (Å²) in [6, 6.07) is 8.74. The molecule has 1 N–H and O–H groups in total. The number of aliphatic hydroxyl groups is 1. The Labute approximate surface area is 103 Å². The molecule has 92 valence electrons. The fourth-order valence-corrected chi connectivity index (χ4v) is 2.95. The van der Waals surface area contributed by atoms with Gasteiger partial charge in [-0.05, 0) is 43.2 Å². The zero-order valence-corrected chi connectivity index (χ0v) is 10.4. The number of fused-ring (bicyclic) bond motifs is 1. The molecule has 0 atom stereocenters. The number of rotatable bonds is 3. The van der Waals surface area contributed by atoms with Gasteiger partial charge in [0.1, 0.15) is 0 Å². The standard InChI is InChI=1S/C15H21NO/c17-15(7-3-8-15)9-11-16-10-6-13-4-1-2-5-14(13)12-16/h1-2,4-5,17H,3,6-12H2. The fourth-order valence-electron chi connectivity index (χ4n) is 2.95. The first-order valence-corrected chi connectivity index (χ1v) is 6.77. The summed E-state index contributed by atoms with van der Waals surface area (Å²) >= 11 is 0. The minimum atomic E-state index is -0.322. The quantitative estimate of drug-likeness (QED) is 0.863. The first-order valence-electron chi connectivity index (χ1n) is 6.77. The van der Waals surface area contributed by atoms with Gasteiger partial charge >= 0.3 is 0 Å². The van der Waals surface area contributed by atoms with E-state index < -0.39 is 0 Å². The van der Waals surface area contributed by atoms with E-state index in [1.807, 2.05) is 0 Å². The van der Waals surface area contributed by atoms with Crippen molar-refractivity contribution in [2.24, 2.45) is 0 Å². The molecule has 0 bridgehead atoms. The van der Waals surface area contributed by atoms with E-state index in [2.05, 4.69) is 29.2 Å². The highest BCUT2D eigenvalue weighted by Gasteiger charge is 2.34. The van der Waals surface area contributed by atoms with Crippen LogP contribution in [0.1, 0.15) is 36.8 Å². The van der Waals surface area contributed by atoms with Gasteiger partial charge < -0.3 is 5.11 Å². The van der Waals surface area contributed by atoms with Crippen molar-refractivity contribution in [1.82, 2.24) is 4.90 Å². The van der Waals surface area contributed by atoms with E-state index in [1.54, 1.807) is 0 Å². The molecular formula is C15H21NO. The van der Waals surface area contributed by atoms with Crippen LogP contribution in [0, 0.1) is 0 Å². The summed E-state index contributed by atoms with van der Waals surface area (Å²) in [6.45, 7) is 3.25. The van der Waals surface area contributed by atoms with E-state index in [9.17, 15) is 5.11 Å². The molecule has 3 rings (SSSR count). The molecule has 0 spiro atoms. The average Bonchev–Trinajstić information content (AvgIpc) is 2.34. The molecule has 0 unspecified atom stereocenters. The molecular weight excluding hydrogens is 210 g/mol. The molecule has 1 aromatic rings. The molecule has 2 aliphatic rings. The van der Waals surface area contributed by atoms with Crippen LogP contribution in [0.2, 0.25) is 0 Å². The maximum atomic E-state index is 10.1. The van der Waals surface area contributed by atoms with E-state index in [-0.39, 0.29) is 5.60 Å². The summed E-state index contributed by atoms with van der Waals surface area (Å²) in [5, 5.41) is 10.1. The monoisotopic (exact) mass is 231 g/mol. The predicted octanol–water partition coefficient (Wildman–Crippen LogP) is 2.35. The second-order valence-corrected chi connectivity index (χ2v) is 5.62. The molecule has 17 heavy (non-hydrogen) atoms. The van der Waals surface area contributed by atoms with Gasteiger partial charge in [-0.1, -0.05) is 24.3 Å². The lowest BCUT2D eigenvalue weighted by Crippen LogP contribution is -2.41. The van der Waals surface area contributed by atoms with Crippen molar-refractivity contribution in [2.75, 3.05) is 13.1 Å². The molecule has 1 saturated carbocycles. The van der Waals surface area contributed by atoms with Crippen LogP contribution < -0.4 is 0 Å². The van der Waals surface area contributed by atoms with Gasteiger partial charge in [0.05, 0.1) is 5.60 Å². The molecule has 1 aromatic carbocycles. The largest absolute Gasteiger partial charge is 0.390 e. The van der Waals surface area contributed by atoms with Crippen molar-refractivity contribution in [1.29, 1.82) is 0 Å². The van der Waals surface area contributed by atoms with E-state index >= 15 is 0 Å². The van der Waals surface area contributed by atoms with E-state index in [0.29, 0.717) is 0 Å². The summed E-state index contributed by atoms with van der Waals surface area (Å²) in [4.78, 5) is 2.48. The Morgan fingerprint density at radius 3 is 2.65 bits per heavy atom. The molecule has 1 aliphatic carbocycles. The van der Waals surface area contributed by atoms with E-state index in [4.69, 9.17) is 0 Å². The Hall–Kier alpha value is -0.860. The summed E-state index contributed by atoms with van der Waals surface area (Å²) in [7, 11) is 0. The number of hydrogen-bond acceptors (Lipinski definition) is 2. The van der Waals surface area contributed by atoms with Crippen LogP contribution >= 0.6 is 0 Å². The normalized spacial score (nSPS) is 22.9. The summed E-state index contributed by atoms with van der Waals surface area (Å²) < 4.78 is 0. The van der Waals surface area contributed by atoms with Crippen LogP contribution in [0.3, 0.4) is 0 Å². The third-order valence-electron chi connectivity index (χ3n) is 4.39. The van der Waals surface area contributed by atoms with Crippen LogP contribution in [0.25, 0.3) is 0 Å². The maximum absolute atomic E-state index is 10.1. The van der Waals surface area contributed by atoms with Gasteiger partial charge in [0.2, 0.25) is 0 Å². The molecule has 2 nitrogen and oxygen atoms in total. The summed E-state index contributed by atoms with van der Waals surface area (Å²) in [6.07, 6.45) is 5.35. The lowest BCUT2D eigenvalue weighted by atomic mass is 9.78. The second-order valence-electron chi connectivity index (χ2n) is 5.62. The number of hydrogen-bond donors (Lipinski definition) is 1. The van der Waals surface area contributed by atoms with Crippen molar-refractivity contribution in [3.8, 4) is 0 Å². The third-order valence-corrected chi connectivity index (χ3v) is 4.39. The smallest absolute Gasteiger partial charge is 0.0660 e. The van der Waals surface area contributed by atoms with Gasteiger partial charge in [-0.25, -0.2) is 0 Å². The number of nitrogens with zero attached hydrogens (tertiary/aromatic N) is 1. The van der Waals surface area contributed by atoms with Crippen LogP contribution in [-0.4, -0.2) is 28.7 Å². The first kappa shape index (κ1) is 11.2. The Bertz CT molecular complexity index is 398. The highest BCUT2D eigenvalue weighted by Crippen LogP contribution is 2.35. The molecule has 2 heteroatoms. The van der Waals surface area contributed by atoms with Gasteiger partial charge in [0.15, 0.2) is 0 Å². The van der Waals surface area contributed by atoms with Crippen molar-refractivity contribution in [3.63, 3.8) is 0 Å². The number of benzene rings is 1. The van der Waals surface area contributed by atoms with E-state index in [1.165, 1.54) is 17.5 Å².